The fourth-order valence-corrected chi connectivity index (χ4v) is 1.40. The molecular formula is C23H26O3. The molecular weight excluding hydrogens is 324 g/mol. The van der Waals surface area contributed by atoms with Gasteiger partial charge in [-0.2, -0.15) is 0 Å². The lowest BCUT2D eigenvalue weighted by molar-refractivity contribution is -0.136. The lowest BCUT2D eigenvalue weighted by Crippen LogP contribution is -1.89. The monoisotopic (exact) mass is 350 g/mol. The second kappa shape index (κ2) is 16.7. The number of carbonyl (C=O) groups excluding carboxylic acids is 1. The highest BCUT2D eigenvalue weighted by atomic mass is 16.4. The Balaban J connectivity index is 4.01. The summed E-state index contributed by atoms with van der Waals surface area (Å²) in [4.78, 5) is 21.3. The molecule has 0 aromatic rings. The maximum absolute atomic E-state index is 11.0. The molecule has 1 N–H and O–H groups in total. The summed E-state index contributed by atoms with van der Waals surface area (Å²) in [6.07, 6.45) is 31.5. The van der Waals surface area contributed by atoms with Crippen molar-refractivity contribution in [2.75, 3.05) is 0 Å². The number of ketones is 1. The average Bonchev–Trinajstić information content (AvgIpc) is 2.60. The van der Waals surface area contributed by atoms with E-state index in [-0.39, 0.29) is 12.2 Å². The molecule has 0 aliphatic heterocycles. The molecule has 0 amide bonds. The van der Waals surface area contributed by atoms with Gasteiger partial charge in [-0.25, -0.2) is 0 Å². The van der Waals surface area contributed by atoms with Crippen molar-refractivity contribution < 1.29 is 14.7 Å². The Morgan fingerprint density at radius 1 is 0.615 bits per heavy atom. The quantitative estimate of drug-likeness (QED) is 0.398. The van der Waals surface area contributed by atoms with Crippen molar-refractivity contribution in [3.63, 3.8) is 0 Å². The third-order valence-electron chi connectivity index (χ3n) is 2.89. The van der Waals surface area contributed by atoms with Crippen LogP contribution in [-0.4, -0.2) is 16.9 Å². The molecule has 0 radical (unpaired) electrons. The van der Waals surface area contributed by atoms with Crippen LogP contribution in [0.15, 0.2) is 109 Å². The van der Waals surface area contributed by atoms with Crippen LogP contribution >= 0.6 is 0 Å². The number of carbonyl (C=O) groups is 2. The topological polar surface area (TPSA) is 54.4 Å². The van der Waals surface area contributed by atoms with Gasteiger partial charge in [0.1, 0.15) is 0 Å². The number of Topliss-reactive ketones (excluding diaryl/α,β-unsaturated/α-hetero) is 1. The highest BCUT2D eigenvalue weighted by Crippen LogP contribution is 1.94. The maximum atomic E-state index is 11.0. The second-order valence-corrected chi connectivity index (χ2v) is 5.13. The Morgan fingerprint density at radius 2 is 0.962 bits per heavy atom. The average molecular weight is 350 g/mol. The van der Waals surface area contributed by atoms with Crippen molar-refractivity contribution in [1.29, 1.82) is 0 Å². The summed E-state index contributed by atoms with van der Waals surface area (Å²) in [6, 6.07) is 0. The van der Waals surface area contributed by atoms with Crippen molar-refractivity contribution in [2.24, 2.45) is 0 Å². The van der Waals surface area contributed by atoms with Crippen LogP contribution in [0, 0.1) is 0 Å². The van der Waals surface area contributed by atoms with Crippen LogP contribution in [0.1, 0.15) is 20.3 Å². The molecule has 3 heteroatoms. The highest BCUT2D eigenvalue weighted by Gasteiger charge is 1.90. The molecule has 3 nitrogen and oxygen atoms in total. The number of carboxylic acids is 1. The van der Waals surface area contributed by atoms with E-state index < -0.39 is 5.97 Å². The molecule has 26 heavy (non-hydrogen) atoms. The first-order valence-corrected chi connectivity index (χ1v) is 8.27. The predicted octanol–water partition coefficient (Wildman–Crippen LogP) is 5.45. The van der Waals surface area contributed by atoms with E-state index in [9.17, 15) is 9.59 Å². The van der Waals surface area contributed by atoms with Gasteiger partial charge in [-0.15, -0.1) is 0 Å². The summed E-state index contributed by atoms with van der Waals surface area (Å²) in [6.45, 7) is 3.34. The van der Waals surface area contributed by atoms with Gasteiger partial charge in [0.2, 0.25) is 0 Å². The summed E-state index contributed by atoms with van der Waals surface area (Å²) in [5.41, 5.74) is 0.735. The maximum Gasteiger partial charge on any atom is 0.307 e. The van der Waals surface area contributed by atoms with Crippen LogP contribution in [-0.2, 0) is 9.59 Å². The van der Waals surface area contributed by atoms with Crippen LogP contribution in [0.25, 0.3) is 0 Å². The van der Waals surface area contributed by atoms with Gasteiger partial charge in [0.05, 0.1) is 6.42 Å². The number of aliphatic carboxylic acids is 1. The minimum Gasteiger partial charge on any atom is -0.481 e. The van der Waals surface area contributed by atoms with Crippen molar-refractivity contribution in [3.8, 4) is 0 Å². The molecule has 136 valence electrons. The summed E-state index contributed by atoms with van der Waals surface area (Å²) in [7, 11) is 0. The van der Waals surface area contributed by atoms with Gasteiger partial charge >= 0.3 is 5.97 Å². The molecule has 0 unspecified atom stereocenters. The van der Waals surface area contributed by atoms with E-state index in [0.717, 1.165) is 5.57 Å². The standard InChI is InChI=1S/C23H26O3/c1-21(22(2)24)19-17-15-13-11-9-7-5-3-4-6-8-10-12-14-16-18-20-23(25)26/h3-19H,20H2,1-2H3,(H,25,26)/b5-3+,6-4+,9-7+,10-8+,13-11-,14-12-,17-15+,18-16+,21-19+. The van der Waals surface area contributed by atoms with Gasteiger partial charge in [0, 0.05) is 0 Å². The van der Waals surface area contributed by atoms with Gasteiger partial charge < -0.3 is 5.11 Å². The first-order valence-electron chi connectivity index (χ1n) is 8.27. The Kier molecular flexibility index (Phi) is 14.6. The molecule has 0 saturated heterocycles. The summed E-state index contributed by atoms with van der Waals surface area (Å²) in [5, 5.41) is 8.45. The zero-order valence-electron chi connectivity index (χ0n) is 15.3. The lowest BCUT2D eigenvalue weighted by Gasteiger charge is -1.87. The van der Waals surface area contributed by atoms with Crippen LogP contribution in [0.4, 0.5) is 0 Å². The molecule has 0 aliphatic carbocycles. The van der Waals surface area contributed by atoms with Gasteiger partial charge in [-0.05, 0) is 19.4 Å². The van der Waals surface area contributed by atoms with Gasteiger partial charge in [-0.1, -0.05) is 103 Å². The normalized spacial score (nSPS) is 14.2. The number of hydrogen-bond acceptors (Lipinski definition) is 2. The Hall–Kier alpha value is -3.20. The van der Waals surface area contributed by atoms with E-state index in [2.05, 4.69) is 0 Å². The minimum absolute atomic E-state index is 0.0360. The Labute approximate surface area is 156 Å². The third-order valence-corrected chi connectivity index (χ3v) is 2.89. The molecule has 0 saturated carbocycles. The van der Waals surface area contributed by atoms with Crippen molar-refractivity contribution >= 4 is 11.8 Å². The zero-order valence-corrected chi connectivity index (χ0v) is 15.3. The largest absolute Gasteiger partial charge is 0.481 e. The van der Waals surface area contributed by atoms with Crippen LogP contribution in [0.3, 0.4) is 0 Å². The number of allylic oxidation sites excluding steroid dienone is 17. The fourth-order valence-electron chi connectivity index (χ4n) is 1.40. The molecule has 0 aromatic heterocycles. The summed E-state index contributed by atoms with van der Waals surface area (Å²) < 4.78 is 0. The van der Waals surface area contributed by atoms with Gasteiger partial charge in [-0.3, -0.25) is 9.59 Å². The van der Waals surface area contributed by atoms with Gasteiger partial charge in [0.25, 0.3) is 0 Å². The van der Waals surface area contributed by atoms with Crippen molar-refractivity contribution in [3.05, 3.63) is 109 Å². The Morgan fingerprint density at radius 3 is 1.31 bits per heavy atom. The SMILES string of the molecule is CC(=O)/C(C)=C/C=C/C=C\C=C\C=C\C=C\C=C\C=C/C=C/CC(=O)O. The third kappa shape index (κ3) is 17.2. The molecule has 0 fully saturated rings. The van der Waals surface area contributed by atoms with Crippen LogP contribution in [0.5, 0.6) is 0 Å². The highest BCUT2D eigenvalue weighted by molar-refractivity contribution is 5.92. The molecule has 0 aromatic carbocycles. The lowest BCUT2D eigenvalue weighted by atomic mass is 10.2. The molecule has 0 aliphatic rings. The second-order valence-electron chi connectivity index (χ2n) is 5.13. The van der Waals surface area contributed by atoms with E-state index in [1.165, 1.54) is 0 Å². The molecule has 0 spiro atoms. The smallest absolute Gasteiger partial charge is 0.307 e. The van der Waals surface area contributed by atoms with Crippen LogP contribution in [0.2, 0.25) is 0 Å². The molecule has 0 rings (SSSR count). The Bertz CT molecular complexity index is 691. The fraction of sp³-hybridized carbons (Fsp3) is 0.130. The first kappa shape index (κ1) is 22.8. The number of rotatable bonds is 11. The van der Waals surface area contributed by atoms with E-state index in [1.807, 2.05) is 79.0 Å². The predicted molar refractivity (Wildman–Crippen MR) is 110 cm³/mol. The van der Waals surface area contributed by atoms with E-state index in [0.29, 0.717) is 0 Å². The van der Waals surface area contributed by atoms with E-state index in [1.54, 1.807) is 38.2 Å². The van der Waals surface area contributed by atoms with E-state index >= 15 is 0 Å². The number of hydrogen-bond donors (Lipinski definition) is 1. The number of carboxylic acid groups (broad SMARTS) is 1. The van der Waals surface area contributed by atoms with E-state index in [4.69, 9.17) is 5.11 Å². The molecule has 0 bridgehead atoms. The van der Waals surface area contributed by atoms with Crippen molar-refractivity contribution in [2.45, 2.75) is 20.3 Å². The summed E-state index contributed by atoms with van der Waals surface area (Å²) >= 11 is 0. The molecule has 0 atom stereocenters. The van der Waals surface area contributed by atoms with Crippen molar-refractivity contribution in [1.82, 2.24) is 0 Å². The van der Waals surface area contributed by atoms with Gasteiger partial charge in [0.15, 0.2) is 5.78 Å². The minimum atomic E-state index is -0.835. The first-order chi connectivity index (χ1) is 12.5. The zero-order chi connectivity index (χ0) is 19.5. The summed E-state index contributed by atoms with van der Waals surface area (Å²) in [5.74, 6) is -0.756. The molecule has 0 heterocycles. The van der Waals surface area contributed by atoms with Crippen LogP contribution < -0.4 is 0 Å².